The molecule has 0 aromatic heterocycles. The predicted octanol–water partition coefficient (Wildman–Crippen LogP) is 22.7. The molecule has 0 aliphatic heterocycles. The molecule has 0 amide bonds. The first-order valence-corrected chi connectivity index (χ1v) is 33.1. The summed E-state index contributed by atoms with van der Waals surface area (Å²) in [6.45, 7) is 6.50. The number of carbonyl (C=O) groups is 3. The average molecular weight is 1070 g/mol. The maximum absolute atomic E-state index is 12.9. The number of hydrogen-bond acceptors (Lipinski definition) is 6. The molecular weight excluding hydrogens is 949 g/mol. The summed E-state index contributed by atoms with van der Waals surface area (Å²) < 4.78 is 16.9. The Labute approximate surface area is 477 Å². The zero-order valence-electron chi connectivity index (χ0n) is 51.0. The number of esters is 3. The van der Waals surface area contributed by atoms with Crippen LogP contribution in [0.5, 0.6) is 0 Å². The number of allylic oxidation sites excluding steroid dienone is 14. The van der Waals surface area contributed by atoms with Crippen LogP contribution in [0.1, 0.15) is 329 Å². The Kier molecular flexibility index (Phi) is 62.2. The van der Waals surface area contributed by atoms with Gasteiger partial charge in [0, 0.05) is 19.3 Å². The fraction of sp³-hybridized carbons (Fsp3) is 0.761. The first kappa shape index (κ1) is 73.6. The average Bonchev–Trinajstić information content (AvgIpc) is 3.43. The molecule has 0 rings (SSSR count). The lowest BCUT2D eigenvalue weighted by molar-refractivity contribution is -0.167. The van der Waals surface area contributed by atoms with Gasteiger partial charge in [-0.05, 0) is 116 Å². The minimum atomic E-state index is -0.793. The van der Waals surface area contributed by atoms with Crippen LogP contribution in [0.25, 0.3) is 0 Å². The van der Waals surface area contributed by atoms with Crippen LogP contribution >= 0.6 is 0 Å². The number of carbonyl (C=O) groups excluding carboxylic acids is 3. The van der Waals surface area contributed by atoms with Gasteiger partial charge >= 0.3 is 17.9 Å². The molecule has 1 unspecified atom stereocenters. The minimum Gasteiger partial charge on any atom is -0.462 e. The molecule has 6 nitrogen and oxygen atoms in total. The second kappa shape index (κ2) is 65.1. The summed E-state index contributed by atoms with van der Waals surface area (Å²) in [6, 6.07) is 0. The summed E-state index contributed by atoms with van der Waals surface area (Å²) >= 11 is 0. The summed E-state index contributed by atoms with van der Waals surface area (Å²) in [5.74, 6) is -0.915. The summed E-state index contributed by atoms with van der Waals surface area (Å²) in [7, 11) is 0. The summed E-state index contributed by atoms with van der Waals surface area (Å²) in [4.78, 5) is 38.2. The van der Waals surface area contributed by atoms with Gasteiger partial charge in [-0.2, -0.15) is 0 Å². The van der Waals surface area contributed by atoms with Crippen LogP contribution in [0.4, 0.5) is 0 Å². The minimum absolute atomic E-state index is 0.0873. The first-order chi connectivity index (χ1) is 38.0. The largest absolute Gasteiger partial charge is 0.462 e. The fourth-order valence-electron chi connectivity index (χ4n) is 9.40. The van der Waals surface area contributed by atoms with Gasteiger partial charge in [0.05, 0.1) is 0 Å². The highest BCUT2D eigenvalue weighted by Crippen LogP contribution is 2.17. The quantitative estimate of drug-likeness (QED) is 0.0261. The molecular formula is C71H124O6. The number of rotatable bonds is 60. The number of hydrogen-bond donors (Lipinski definition) is 0. The molecule has 0 radical (unpaired) electrons. The normalized spacial score (nSPS) is 12.6. The molecule has 0 spiro atoms. The van der Waals surface area contributed by atoms with Gasteiger partial charge in [0.15, 0.2) is 6.10 Å². The van der Waals surface area contributed by atoms with E-state index in [4.69, 9.17) is 14.2 Å². The zero-order chi connectivity index (χ0) is 55.7. The molecule has 0 heterocycles. The van der Waals surface area contributed by atoms with E-state index in [0.29, 0.717) is 19.3 Å². The van der Waals surface area contributed by atoms with Gasteiger partial charge in [0.1, 0.15) is 13.2 Å². The fourth-order valence-corrected chi connectivity index (χ4v) is 9.40. The molecule has 0 saturated carbocycles. The lowest BCUT2D eigenvalue weighted by Crippen LogP contribution is -2.30. The Bertz CT molecular complexity index is 1470. The zero-order valence-corrected chi connectivity index (χ0v) is 51.0. The van der Waals surface area contributed by atoms with Crippen molar-refractivity contribution >= 4 is 17.9 Å². The van der Waals surface area contributed by atoms with Crippen LogP contribution in [-0.4, -0.2) is 37.2 Å². The van der Waals surface area contributed by atoms with Gasteiger partial charge in [-0.15, -0.1) is 0 Å². The molecule has 1 atom stereocenters. The van der Waals surface area contributed by atoms with E-state index in [0.717, 1.165) is 109 Å². The third-order valence-corrected chi connectivity index (χ3v) is 14.4. The van der Waals surface area contributed by atoms with Crippen LogP contribution in [0.3, 0.4) is 0 Å². The van der Waals surface area contributed by atoms with Gasteiger partial charge in [0.2, 0.25) is 0 Å². The van der Waals surface area contributed by atoms with E-state index in [9.17, 15) is 14.4 Å². The molecule has 0 bridgehead atoms. The van der Waals surface area contributed by atoms with Gasteiger partial charge in [0.25, 0.3) is 0 Å². The highest BCUT2D eigenvalue weighted by molar-refractivity contribution is 5.71. The van der Waals surface area contributed by atoms with E-state index >= 15 is 0 Å². The Morgan fingerprint density at radius 2 is 0.506 bits per heavy atom. The van der Waals surface area contributed by atoms with Gasteiger partial charge in [-0.25, -0.2) is 0 Å². The number of unbranched alkanes of at least 4 members (excludes halogenated alkanes) is 35. The van der Waals surface area contributed by atoms with Crippen LogP contribution in [0.2, 0.25) is 0 Å². The van der Waals surface area contributed by atoms with Gasteiger partial charge in [-0.1, -0.05) is 279 Å². The molecule has 0 aliphatic carbocycles. The Balaban J connectivity index is 4.19. The van der Waals surface area contributed by atoms with Gasteiger partial charge < -0.3 is 14.2 Å². The van der Waals surface area contributed by atoms with Crippen LogP contribution in [0.15, 0.2) is 85.1 Å². The summed E-state index contributed by atoms with van der Waals surface area (Å²) in [6.07, 6.45) is 86.1. The lowest BCUT2D eigenvalue weighted by atomic mass is 10.0. The third kappa shape index (κ3) is 63.3. The molecule has 444 valence electrons. The Morgan fingerprint density at radius 1 is 0.273 bits per heavy atom. The maximum Gasteiger partial charge on any atom is 0.306 e. The van der Waals surface area contributed by atoms with Crippen molar-refractivity contribution in [2.45, 2.75) is 335 Å². The molecule has 0 N–H and O–H groups in total. The van der Waals surface area contributed by atoms with E-state index in [1.54, 1.807) is 0 Å². The topological polar surface area (TPSA) is 78.9 Å². The number of ether oxygens (including phenoxy) is 3. The van der Waals surface area contributed by atoms with E-state index in [1.807, 2.05) is 0 Å². The molecule has 77 heavy (non-hydrogen) atoms. The van der Waals surface area contributed by atoms with E-state index in [1.165, 1.54) is 180 Å². The SMILES string of the molecule is CC/C=C\C/C=C\C/C=C\CCCCCC(=O)OCC(COC(=O)CCCCCCCCCCCCCCCCCC/C=C\C/C=C\C/C=C\CCCCCCC)OC(=O)CCCCCCC/C=C\CCCCCCCC. The van der Waals surface area contributed by atoms with Crippen molar-refractivity contribution in [1.29, 1.82) is 0 Å². The second-order valence-electron chi connectivity index (χ2n) is 22.0. The molecule has 6 heteroatoms. The van der Waals surface area contributed by atoms with Crippen molar-refractivity contribution in [2.24, 2.45) is 0 Å². The highest BCUT2D eigenvalue weighted by atomic mass is 16.6. The van der Waals surface area contributed by atoms with E-state index < -0.39 is 6.10 Å². The Morgan fingerprint density at radius 3 is 0.818 bits per heavy atom. The second-order valence-corrected chi connectivity index (χ2v) is 22.0. The van der Waals surface area contributed by atoms with Crippen molar-refractivity contribution in [3.05, 3.63) is 85.1 Å². The lowest BCUT2D eigenvalue weighted by Gasteiger charge is -2.18. The smallest absolute Gasteiger partial charge is 0.306 e. The maximum atomic E-state index is 12.9. The molecule has 0 aliphatic rings. The molecule has 0 saturated heterocycles. The standard InChI is InChI=1S/C71H124O6/c1-4-7-10-13-16-19-22-25-27-28-29-30-31-32-33-34-35-36-37-38-39-40-41-42-44-46-49-52-55-58-61-64-70(73)76-67-68(66-75-69(72)63-60-57-54-51-48-45-24-21-18-15-12-9-6-3)77-71(74)65-62-59-56-53-50-47-43-26-23-20-17-14-11-8-5-2/h9,12,18,21-22,25-26,28-29,31-32,43,45,48,68H,4-8,10-11,13-17,19-20,23-24,27,30,33-42,44,46-47,49-67H2,1-3H3/b12-9-,21-18-,25-22-,29-28-,32-31-,43-26-,48-45-. The van der Waals surface area contributed by atoms with Crippen molar-refractivity contribution in [1.82, 2.24) is 0 Å². The highest BCUT2D eigenvalue weighted by Gasteiger charge is 2.19. The van der Waals surface area contributed by atoms with Crippen LogP contribution in [-0.2, 0) is 28.6 Å². The summed E-state index contributed by atoms with van der Waals surface area (Å²) in [5.41, 5.74) is 0. The molecule has 0 fully saturated rings. The molecule has 0 aromatic carbocycles. The molecule has 0 aromatic rings. The first-order valence-electron chi connectivity index (χ1n) is 33.1. The predicted molar refractivity (Wildman–Crippen MR) is 334 cm³/mol. The van der Waals surface area contributed by atoms with E-state index in [2.05, 4.69) is 106 Å². The summed E-state index contributed by atoms with van der Waals surface area (Å²) in [5, 5.41) is 0. The van der Waals surface area contributed by atoms with Crippen molar-refractivity contribution in [2.75, 3.05) is 13.2 Å². The Hall–Kier alpha value is -3.41. The van der Waals surface area contributed by atoms with Crippen LogP contribution < -0.4 is 0 Å². The van der Waals surface area contributed by atoms with Gasteiger partial charge in [-0.3, -0.25) is 14.4 Å². The van der Waals surface area contributed by atoms with Crippen molar-refractivity contribution < 1.29 is 28.6 Å². The van der Waals surface area contributed by atoms with E-state index in [-0.39, 0.29) is 31.1 Å². The van der Waals surface area contributed by atoms with Crippen LogP contribution in [0, 0.1) is 0 Å². The van der Waals surface area contributed by atoms with Crippen molar-refractivity contribution in [3.8, 4) is 0 Å². The third-order valence-electron chi connectivity index (χ3n) is 14.4. The monoisotopic (exact) mass is 1070 g/mol. The van der Waals surface area contributed by atoms with Crippen molar-refractivity contribution in [3.63, 3.8) is 0 Å².